The lowest BCUT2D eigenvalue weighted by atomic mass is 10.4. The van der Waals surface area contributed by atoms with Crippen molar-refractivity contribution in [3.05, 3.63) is 18.0 Å². The molecule has 0 fully saturated rings. The van der Waals surface area contributed by atoms with Crippen molar-refractivity contribution < 1.29 is 9.47 Å². The first kappa shape index (κ1) is 14.1. The Balaban J connectivity index is 2.44. The Morgan fingerprint density at radius 1 is 1.37 bits per heavy atom. The van der Waals surface area contributed by atoms with Crippen LogP contribution < -0.4 is 4.74 Å². The predicted octanol–water partition coefficient (Wildman–Crippen LogP) is 2.78. The molecule has 0 N–H and O–H groups in total. The molecule has 1 atom stereocenters. The van der Waals surface area contributed by atoms with Crippen molar-refractivity contribution in [1.29, 1.82) is 0 Å². The van der Waals surface area contributed by atoms with Gasteiger partial charge in [0.1, 0.15) is 11.3 Å². The highest BCUT2D eigenvalue weighted by Gasteiger charge is 2.16. The summed E-state index contributed by atoms with van der Waals surface area (Å²) in [5, 5.41) is -0.179. The van der Waals surface area contributed by atoms with Crippen molar-refractivity contribution in [2.75, 3.05) is 20.3 Å². The highest BCUT2D eigenvalue weighted by molar-refractivity contribution is 6.20. The molecule has 6 heteroatoms. The molecule has 0 aromatic carbocycles. The number of hydrogen-bond acceptors (Lipinski definition) is 4. The number of methoxy groups -OCH3 is 1. The summed E-state index contributed by atoms with van der Waals surface area (Å²) in [5.41, 5.74) is 1.60. The maximum absolute atomic E-state index is 6.18. The highest BCUT2D eigenvalue weighted by Crippen LogP contribution is 2.24. The van der Waals surface area contributed by atoms with Crippen LogP contribution >= 0.6 is 11.6 Å². The SMILES string of the molecule is CCOCCn1c(C(C)Cl)nc2ccc(OC)nc21. The number of hydrogen-bond donors (Lipinski definition) is 0. The second-order valence-electron chi connectivity index (χ2n) is 4.13. The van der Waals surface area contributed by atoms with Crippen LogP contribution in [0.5, 0.6) is 5.88 Å². The van der Waals surface area contributed by atoms with Gasteiger partial charge in [0, 0.05) is 19.2 Å². The molecule has 1 unspecified atom stereocenters. The van der Waals surface area contributed by atoms with E-state index in [-0.39, 0.29) is 5.38 Å². The summed E-state index contributed by atoms with van der Waals surface area (Å²) >= 11 is 6.18. The zero-order valence-corrected chi connectivity index (χ0v) is 12.1. The van der Waals surface area contributed by atoms with Crippen molar-refractivity contribution in [2.45, 2.75) is 25.8 Å². The summed E-state index contributed by atoms with van der Waals surface area (Å²) in [5.74, 6) is 1.37. The first-order valence-corrected chi connectivity index (χ1v) is 6.74. The minimum atomic E-state index is -0.179. The first-order chi connectivity index (χ1) is 9.17. The zero-order chi connectivity index (χ0) is 13.8. The third-order valence-corrected chi connectivity index (χ3v) is 3.02. The fourth-order valence-corrected chi connectivity index (χ4v) is 2.11. The minimum Gasteiger partial charge on any atom is -0.481 e. The lowest BCUT2D eigenvalue weighted by Crippen LogP contribution is -2.10. The molecule has 0 saturated heterocycles. The summed E-state index contributed by atoms with van der Waals surface area (Å²) < 4.78 is 12.5. The minimum absolute atomic E-state index is 0.179. The van der Waals surface area contributed by atoms with Gasteiger partial charge in [0.15, 0.2) is 5.65 Å². The van der Waals surface area contributed by atoms with Gasteiger partial charge in [-0.15, -0.1) is 11.6 Å². The van der Waals surface area contributed by atoms with Crippen LogP contribution in [0.4, 0.5) is 0 Å². The molecule has 2 rings (SSSR count). The summed E-state index contributed by atoms with van der Waals surface area (Å²) in [7, 11) is 1.60. The molecular formula is C13H18ClN3O2. The molecule has 0 aliphatic heterocycles. The van der Waals surface area contributed by atoms with Crippen LogP contribution in [0, 0.1) is 0 Å². The van der Waals surface area contributed by atoms with E-state index < -0.39 is 0 Å². The molecule has 2 aromatic heterocycles. The number of alkyl halides is 1. The first-order valence-electron chi connectivity index (χ1n) is 6.30. The largest absolute Gasteiger partial charge is 0.481 e. The van der Waals surface area contributed by atoms with Crippen LogP contribution in [0.1, 0.15) is 25.0 Å². The molecule has 0 aliphatic carbocycles. The number of rotatable bonds is 6. The monoisotopic (exact) mass is 283 g/mol. The molecule has 0 bridgehead atoms. The van der Waals surface area contributed by atoms with Crippen molar-refractivity contribution >= 4 is 22.8 Å². The Labute approximate surface area is 117 Å². The Kier molecular flexibility index (Phi) is 4.61. The fourth-order valence-electron chi connectivity index (χ4n) is 1.94. The van der Waals surface area contributed by atoms with Gasteiger partial charge in [0.25, 0.3) is 0 Å². The molecule has 19 heavy (non-hydrogen) atoms. The van der Waals surface area contributed by atoms with E-state index in [1.54, 1.807) is 13.2 Å². The van der Waals surface area contributed by atoms with E-state index >= 15 is 0 Å². The van der Waals surface area contributed by atoms with Gasteiger partial charge < -0.3 is 14.0 Å². The van der Waals surface area contributed by atoms with Crippen molar-refractivity contribution in [1.82, 2.24) is 14.5 Å². The summed E-state index contributed by atoms with van der Waals surface area (Å²) in [4.78, 5) is 8.96. The topological polar surface area (TPSA) is 49.2 Å². The number of aromatic nitrogens is 3. The van der Waals surface area contributed by atoms with Gasteiger partial charge in [0.05, 0.1) is 19.1 Å². The third-order valence-electron chi connectivity index (χ3n) is 2.82. The van der Waals surface area contributed by atoms with Crippen LogP contribution in [0.2, 0.25) is 0 Å². The second kappa shape index (κ2) is 6.21. The van der Waals surface area contributed by atoms with E-state index in [1.807, 2.05) is 24.5 Å². The fraction of sp³-hybridized carbons (Fsp3) is 0.538. The lowest BCUT2D eigenvalue weighted by molar-refractivity contribution is 0.139. The Morgan fingerprint density at radius 3 is 2.79 bits per heavy atom. The van der Waals surface area contributed by atoms with Crippen LogP contribution in [-0.2, 0) is 11.3 Å². The van der Waals surface area contributed by atoms with Crippen molar-refractivity contribution in [3.63, 3.8) is 0 Å². The Bertz CT molecular complexity index is 554. The van der Waals surface area contributed by atoms with Gasteiger partial charge >= 0.3 is 0 Å². The number of nitrogens with zero attached hydrogens (tertiary/aromatic N) is 3. The third kappa shape index (κ3) is 2.98. The maximum atomic E-state index is 6.18. The molecular weight excluding hydrogens is 266 g/mol. The van der Waals surface area contributed by atoms with Gasteiger partial charge in [-0.1, -0.05) is 0 Å². The molecule has 5 nitrogen and oxygen atoms in total. The zero-order valence-electron chi connectivity index (χ0n) is 11.4. The molecule has 0 spiro atoms. The standard InChI is InChI=1S/C13H18ClN3O2/c1-4-19-8-7-17-12(9(2)14)15-10-5-6-11(18-3)16-13(10)17/h5-6,9H,4,7-8H2,1-3H3. The van der Waals surface area contributed by atoms with Crippen molar-refractivity contribution in [3.8, 4) is 5.88 Å². The summed E-state index contributed by atoms with van der Waals surface area (Å²) in [6, 6.07) is 3.69. The molecule has 2 aromatic rings. The maximum Gasteiger partial charge on any atom is 0.215 e. The number of pyridine rings is 1. The predicted molar refractivity (Wildman–Crippen MR) is 74.8 cm³/mol. The van der Waals surface area contributed by atoms with Gasteiger partial charge in [-0.2, -0.15) is 4.98 Å². The van der Waals surface area contributed by atoms with Gasteiger partial charge in [-0.25, -0.2) is 4.98 Å². The van der Waals surface area contributed by atoms with E-state index in [0.29, 0.717) is 25.6 Å². The van der Waals surface area contributed by atoms with E-state index in [1.165, 1.54) is 0 Å². The average Bonchev–Trinajstić information content (AvgIpc) is 2.77. The molecule has 0 radical (unpaired) electrons. The number of halogens is 1. The molecule has 2 heterocycles. The molecule has 0 saturated carbocycles. The van der Waals surface area contributed by atoms with Crippen LogP contribution in [0.25, 0.3) is 11.2 Å². The number of imidazole rings is 1. The Morgan fingerprint density at radius 2 is 2.16 bits per heavy atom. The quantitative estimate of drug-likeness (QED) is 0.604. The van der Waals surface area contributed by atoms with Crippen molar-refractivity contribution in [2.24, 2.45) is 0 Å². The highest BCUT2D eigenvalue weighted by atomic mass is 35.5. The number of ether oxygens (including phenoxy) is 2. The molecule has 104 valence electrons. The van der Waals surface area contributed by atoms with E-state index in [2.05, 4.69) is 9.97 Å². The smallest absolute Gasteiger partial charge is 0.215 e. The molecule has 0 aliphatic rings. The second-order valence-corrected chi connectivity index (χ2v) is 4.79. The van der Waals surface area contributed by atoms with Gasteiger partial charge in [-0.3, -0.25) is 0 Å². The Hall–Kier alpha value is -1.33. The number of fused-ring (bicyclic) bond motifs is 1. The van der Waals surface area contributed by atoms with Crippen LogP contribution in [0.15, 0.2) is 12.1 Å². The molecule has 0 amide bonds. The van der Waals surface area contributed by atoms with Crippen LogP contribution in [-0.4, -0.2) is 34.9 Å². The van der Waals surface area contributed by atoms with E-state index in [4.69, 9.17) is 21.1 Å². The summed E-state index contributed by atoms with van der Waals surface area (Å²) in [6.45, 7) is 5.85. The van der Waals surface area contributed by atoms with Crippen LogP contribution in [0.3, 0.4) is 0 Å². The van der Waals surface area contributed by atoms with Gasteiger partial charge in [0.2, 0.25) is 5.88 Å². The van der Waals surface area contributed by atoms with E-state index in [0.717, 1.165) is 17.0 Å². The van der Waals surface area contributed by atoms with Gasteiger partial charge in [-0.05, 0) is 19.9 Å². The average molecular weight is 284 g/mol. The normalized spacial score (nSPS) is 12.8. The lowest BCUT2D eigenvalue weighted by Gasteiger charge is -2.10. The summed E-state index contributed by atoms with van der Waals surface area (Å²) in [6.07, 6.45) is 0. The van der Waals surface area contributed by atoms with E-state index in [9.17, 15) is 0 Å².